The Kier molecular flexibility index (Phi) is 3.55. The molecule has 3 N–H and O–H groups in total. The molecule has 2 rings (SSSR count). The highest BCUT2D eigenvalue weighted by molar-refractivity contribution is 5.95. The Morgan fingerprint density at radius 3 is 2.68 bits per heavy atom. The molecule has 0 unspecified atom stereocenters. The average molecular weight is 259 g/mol. The van der Waals surface area contributed by atoms with Crippen molar-refractivity contribution in [3.05, 3.63) is 46.7 Å². The first-order valence-corrected chi connectivity index (χ1v) is 6.04. The summed E-state index contributed by atoms with van der Waals surface area (Å²) in [6, 6.07) is 5.23. The summed E-state index contributed by atoms with van der Waals surface area (Å²) in [5, 5.41) is 2.75. The first-order valence-electron chi connectivity index (χ1n) is 6.04. The molecule has 0 fully saturated rings. The molecule has 1 aromatic heterocycles. The van der Waals surface area contributed by atoms with Gasteiger partial charge in [0.05, 0.1) is 12.2 Å². The van der Waals surface area contributed by atoms with Crippen LogP contribution in [0.3, 0.4) is 0 Å². The molecular formula is C14H17N3O2. The number of carbonyl (C=O) groups excluding carboxylic acids is 1. The molecule has 5 heteroatoms. The third-order valence-corrected chi connectivity index (χ3v) is 3.01. The minimum absolute atomic E-state index is 0.194. The number of hydrogen-bond donors (Lipinski definition) is 2. The number of aromatic nitrogens is 1. The summed E-state index contributed by atoms with van der Waals surface area (Å²) in [4.78, 5) is 16.1. The highest BCUT2D eigenvalue weighted by Crippen LogP contribution is 2.13. The number of nitrogens with zero attached hydrogens (tertiary/aromatic N) is 1. The van der Waals surface area contributed by atoms with E-state index >= 15 is 0 Å². The lowest BCUT2D eigenvalue weighted by Crippen LogP contribution is -2.23. The predicted molar refractivity (Wildman–Crippen MR) is 72.7 cm³/mol. The largest absolute Gasteiger partial charge is 0.444 e. The van der Waals surface area contributed by atoms with Gasteiger partial charge < -0.3 is 15.5 Å². The fourth-order valence-electron chi connectivity index (χ4n) is 1.65. The summed E-state index contributed by atoms with van der Waals surface area (Å²) in [6.07, 6.45) is 0. The van der Waals surface area contributed by atoms with E-state index in [0.29, 0.717) is 17.1 Å². The molecule has 2 aromatic rings. The van der Waals surface area contributed by atoms with E-state index < -0.39 is 0 Å². The van der Waals surface area contributed by atoms with Gasteiger partial charge in [-0.2, -0.15) is 0 Å². The normalized spacial score (nSPS) is 10.5. The van der Waals surface area contributed by atoms with Crippen LogP contribution in [0.4, 0.5) is 5.69 Å². The van der Waals surface area contributed by atoms with E-state index in [-0.39, 0.29) is 12.5 Å². The lowest BCUT2D eigenvalue weighted by Gasteiger charge is -2.05. The Morgan fingerprint density at radius 2 is 2.11 bits per heavy atom. The van der Waals surface area contributed by atoms with Crippen molar-refractivity contribution in [3.8, 4) is 0 Å². The third-order valence-electron chi connectivity index (χ3n) is 3.01. The zero-order valence-electron chi connectivity index (χ0n) is 11.3. The van der Waals surface area contributed by atoms with Crippen LogP contribution in [0.25, 0.3) is 0 Å². The lowest BCUT2D eigenvalue weighted by molar-refractivity contribution is 0.0947. The van der Waals surface area contributed by atoms with Gasteiger partial charge in [0, 0.05) is 11.3 Å². The Bertz CT molecular complexity index is 598. The van der Waals surface area contributed by atoms with Crippen LogP contribution in [-0.4, -0.2) is 10.9 Å². The van der Waals surface area contributed by atoms with Crippen LogP contribution in [0.5, 0.6) is 0 Å². The average Bonchev–Trinajstić information content (AvgIpc) is 2.69. The SMILES string of the molecule is Cc1ccc(C(=O)NCc2nc(C)c(C)o2)cc1N. The minimum Gasteiger partial charge on any atom is -0.444 e. The number of carbonyl (C=O) groups is 1. The van der Waals surface area contributed by atoms with Crippen molar-refractivity contribution in [2.75, 3.05) is 5.73 Å². The van der Waals surface area contributed by atoms with Crippen LogP contribution >= 0.6 is 0 Å². The standard InChI is InChI=1S/C14H17N3O2/c1-8-4-5-11(6-12(8)15)14(18)16-7-13-17-9(2)10(3)19-13/h4-6H,7,15H2,1-3H3,(H,16,18). The maximum atomic E-state index is 11.9. The summed E-state index contributed by atoms with van der Waals surface area (Å²) < 4.78 is 5.39. The van der Waals surface area contributed by atoms with Gasteiger partial charge in [-0.15, -0.1) is 0 Å². The summed E-state index contributed by atoms with van der Waals surface area (Å²) in [7, 11) is 0. The number of nitrogens with one attached hydrogen (secondary N) is 1. The quantitative estimate of drug-likeness (QED) is 0.827. The zero-order chi connectivity index (χ0) is 14.0. The number of nitrogens with two attached hydrogens (primary N) is 1. The number of aryl methyl sites for hydroxylation is 3. The molecule has 100 valence electrons. The molecule has 1 amide bonds. The van der Waals surface area contributed by atoms with Crippen molar-refractivity contribution in [3.63, 3.8) is 0 Å². The van der Waals surface area contributed by atoms with Crippen molar-refractivity contribution in [1.29, 1.82) is 0 Å². The van der Waals surface area contributed by atoms with Crippen LogP contribution in [-0.2, 0) is 6.54 Å². The first kappa shape index (κ1) is 13.1. The molecule has 0 saturated heterocycles. The van der Waals surface area contributed by atoms with Crippen molar-refractivity contribution in [1.82, 2.24) is 10.3 Å². The lowest BCUT2D eigenvalue weighted by atomic mass is 10.1. The first-order chi connectivity index (χ1) is 8.97. The summed E-state index contributed by atoms with van der Waals surface area (Å²) >= 11 is 0. The Morgan fingerprint density at radius 1 is 1.37 bits per heavy atom. The Labute approximate surface area is 111 Å². The molecule has 5 nitrogen and oxygen atoms in total. The van der Waals surface area contributed by atoms with E-state index in [2.05, 4.69) is 10.3 Å². The molecule has 1 aromatic carbocycles. The molecule has 0 aliphatic carbocycles. The van der Waals surface area contributed by atoms with Crippen molar-refractivity contribution >= 4 is 11.6 Å². The minimum atomic E-state index is -0.194. The number of benzene rings is 1. The smallest absolute Gasteiger partial charge is 0.251 e. The molecule has 0 atom stereocenters. The van der Waals surface area contributed by atoms with Gasteiger partial charge in [0.25, 0.3) is 5.91 Å². The summed E-state index contributed by atoms with van der Waals surface area (Å²) in [6.45, 7) is 5.87. The van der Waals surface area contributed by atoms with E-state index in [4.69, 9.17) is 10.2 Å². The van der Waals surface area contributed by atoms with E-state index in [0.717, 1.165) is 17.0 Å². The number of amides is 1. The van der Waals surface area contributed by atoms with E-state index in [9.17, 15) is 4.79 Å². The van der Waals surface area contributed by atoms with Gasteiger partial charge in [0.15, 0.2) is 0 Å². The number of nitrogen functional groups attached to an aromatic ring is 1. The molecule has 0 spiro atoms. The Hall–Kier alpha value is -2.30. The number of anilines is 1. The van der Waals surface area contributed by atoms with Crippen molar-refractivity contribution in [2.24, 2.45) is 0 Å². The molecular weight excluding hydrogens is 242 g/mol. The Balaban J connectivity index is 2.03. The van der Waals surface area contributed by atoms with E-state index in [1.807, 2.05) is 26.8 Å². The van der Waals surface area contributed by atoms with Gasteiger partial charge in [0.2, 0.25) is 5.89 Å². The van der Waals surface area contributed by atoms with Crippen LogP contribution in [0.2, 0.25) is 0 Å². The molecule has 0 aliphatic heterocycles. The van der Waals surface area contributed by atoms with Gasteiger partial charge in [-0.25, -0.2) is 4.98 Å². The van der Waals surface area contributed by atoms with Crippen LogP contribution in [0, 0.1) is 20.8 Å². The highest BCUT2D eigenvalue weighted by Gasteiger charge is 2.10. The second-order valence-electron chi connectivity index (χ2n) is 4.50. The van der Waals surface area contributed by atoms with Crippen LogP contribution in [0.15, 0.2) is 22.6 Å². The van der Waals surface area contributed by atoms with Gasteiger partial charge >= 0.3 is 0 Å². The maximum absolute atomic E-state index is 11.9. The van der Waals surface area contributed by atoms with Crippen molar-refractivity contribution < 1.29 is 9.21 Å². The molecule has 0 bridgehead atoms. The fourth-order valence-corrected chi connectivity index (χ4v) is 1.65. The van der Waals surface area contributed by atoms with E-state index in [1.165, 1.54) is 0 Å². The van der Waals surface area contributed by atoms with Crippen LogP contribution in [0.1, 0.15) is 33.3 Å². The molecule has 0 aliphatic rings. The second kappa shape index (κ2) is 5.14. The van der Waals surface area contributed by atoms with Crippen LogP contribution < -0.4 is 11.1 Å². The zero-order valence-corrected chi connectivity index (χ0v) is 11.3. The van der Waals surface area contributed by atoms with Gasteiger partial charge in [-0.1, -0.05) is 6.07 Å². The second-order valence-corrected chi connectivity index (χ2v) is 4.50. The van der Waals surface area contributed by atoms with Crippen molar-refractivity contribution in [2.45, 2.75) is 27.3 Å². The number of rotatable bonds is 3. The van der Waals surface area contributed by atoms with Gasteiger partial charge in [-0.3, -0.25) is 4.79 Å². The van der Waals surface area contributed by atoms with Gasteiger partial charge in [-0.05, 0) is 38.5 Å². The molecule has 0 radical (unpaired) electrons. The maximum Gasteiger partial charge on any atom is 0.251 e. The summed E-state index contributed by atoms with van der Waals surface area (Å²) in [5.41, 5.74) is 8.71. The number of hydrogen-bond acceptors (Lipinski definition) is 4. The molecule has 0 saturated carbocycles. The molecule has 1 heterocycles. The highest BCUT2D eigenvalue weighted by atomic mass is 16.4. The topological polar surface area (TPSA) is 81.2 Å². The van der Waals surface area contributed by atoms with E-state index in [1.54, 1.807) is 12.1 Å². The number of oxazole rings is 1. The fraction of sp³-hybridized carbons (Fsp3) is 0.286. The third kappa shape index (κ3) is 2.93. The van der Waals surface area contributed by atoms with Gasteiger partial charge in [0.1, 0.15) is 5.76 Å². The summed E-state index contributed by atoms with van der Waals surface area (Å²) in [5.74, 6) is 1.08. The predicted octanol–water partition coefficient (Wildman–Crippen LogP) is 2.11. The molecule has 19 heavy (non-hydrogen) atoms. The monoisotopic (exact) mass is 259 g/mol.